The van der Waals surface area contributed by atoms with Crippen LogP contribution in [0, 0.1) is 0 Å². The Morgan fingerprint density at radius 1 is 1.62 bits per heavy atom. The van der Waals surface area contributed by atoms with Gasteiger partial charge in [0, 0.05) is 25.2 Å². The fourth-order valence-corrected chi connectivity index (χ4v) is 1.39. The summed E-state index contributed by atoms with van der Waals surface area (Å²) in [4.78, 5) is 20.7. The molecule has 2 N–H and O–H groups in total. The second-order valence-corrected chi connectivity index (χ2v) is 3.08. The molecule has 2 heterocycles. The summed E-state index contributed by atoms with van der Waals surface area (Å²) in [7, 11) is 0. The number of rotatable bonds is 0. The predicted octanol–water partition coefficient (Wildman–Crippen LogP) is -0.0791. The van der Waals surface area contributed by atoms with Gasteiger partial charge in [-0.3, -0.25) is 4.79 Å². The standard InChI is InChI=1S/C8H10N4O/c1-5(13)12-3-6-2-10-8(9)11-7(6)4-12/h2H,3-4H2,1H3,(H2,9,10,11). The normalized spacial score (nSPS) is 14.4. The Hall–Kier alpha value is -1.65. The lowest BCUT2D eigenvalue weighted by Crippen LogP contribution is -2.21. The van der Waals surface area contributed by atoms with Crippen molar-refractivity contribution in [1.82, 2.24) is 14.9 Å². The molecule has 68 valence electrons. The Bertz CT molecular complexity index is 363. The van der Waals surface area contributed by atoms with Gasteiger partial charge in [0.1, 0.15) is 0 Å². The van der Waals surface area contributed by atoms with Crippen LogP contribution in [0.3, 0.4) is 0 Å². The fraction of sp³-hybridized carbons (Fsp3) is 0.375. The van der Waals surface area contributed by atoms with Gasteiger partial charge < -0.3 is 10.6 Å². The highest BCUT2D eigenvalue weighted by Crippen LogP contribution is 2.20. The van der Waals surface area contributed by atoms with Crippen LogP contribution in [0.2, 0.25) is 0 Å². The second-order valence-electron chi connectivity index (χ2n) is 3.08. The maximum Gasteiger partial charge on any atom is 0.220 e. The number of carbonyl (C=O) groups is 1. The molecular formula is C8H10N4O. The van der Waals surface area contributed by atoms with Crippen LogP contribution >= 0.6 is 0 Å². The number of fused-ring (bicyclic) bond motifs is 1. The first kappa shape index (κ1) is 7.97. The van der Waals surface area contributed by atoms with Gasteiger partial charge in [-0.15, -0.1) is 0 Å². The van der Waals surface area contributed by atoms with E-state index in [0.717, 1.165) is 11.3 Å². The summed E-state index contributed by atoms with van der Waals surface area (Å²) in [6, 6.07) is 0. The fourth-order valence-electron chi connectivity index (χ4n) is 1.39. The van der Waals surface area contributed by atoms with Crippen LogP contribution < -0.4 is 5.73 Å². The molecule has 0 atom stereocenters. The monoisotopic (exact) mass is 178 g/mol. The maximum absolute atomic E-state index is 11.0. The zero-order valence-corrected chi connectivity index (χ0v) is 7.32. The van der Waals surface area contributed by atoms with Crippen molar-refractivity contribution in [3.63, 3.8) is 0 Å². The molecule has 5 heteroatoms. The minimum atomic E-state index is 0.0524. The minimum absolute atomic E-state index is 0.0524. The molecule has 1 aromatic rings. The van der Waals surface area contributed by atoms with E-state index in [9.17, 15) is 4.79 Å². The van der Waals surface area contributed by atoms with Crippen molar-refractivity contribution in [2.45, 2.75) is 20.0 Å². The lowest BCUT2D eigenvalue weighted by atomic mass is 10.3. The van der Waals surface area contributed by atoms with Crippen molar-refractivity contribution in [2.24, 2.45) is 0 Å². The molecule has 1 aliphatic rings. The van der Waals surface area contributed by atoms with E-state index < -0.39 is 0 Å². The maximum atomic E-state index is 11.0. The molecule has 1 aromatic heterocycles. The highest BCUT2D eigenvalue weighted by Gasteiger charge is 2.22. The molecule has 0 unspecified atom stereocenters. The average molecular weight is 178 g/mol. The molecular weight excluding hydrogens is 168 g/mol. The number of aromatic nitrogens is 2. The molecule has 0 bridgehead atoms. The average Bonchev–Trinajstić information content (AvgIpc) is 2.46. The lowest BCUT2D eigenvalue weighted by Gasteiger charge is -2.10. The van der Waals surface area contributed by atoms with E-state index in [1.807, 2.05) is 0 Å². The Morgan fingerprint density at radius 3 is 3.08 bits per heavy atom. The van der Waals surface area contributed by atoms with Crippen molar-refractivity contribution in [3.8, 4) is 0 Å². The van der Waals surface area contributed by atoms with Crippen LogP contribution in [0.25, 0.3) is 0 Å². The summed E-state index contributed by atoms with van der Waals surface area (Å²) < 4.78 is 0. The first-order valence-electron chi connectivity index (χ1n) is 4.02. The SMILES string of the molecule is CC(=O)N1Cc2cnc(N)nc2C1. The van der Waals surface area contributed by atoms with Crippen LogP contribution in [-0.4, -0.2) is 20.8 Å². The topological polar surface area (TPSA) is 72.1 Å². The van der Waals surface area contributed by atoms with Gasteiger partial charge in [0.25, 0.3) is 0 Å². The van der Waals surface area contributed by atoms with E-state index in [4.69, 9.17) is 5.73 Å². The zero-order valence-electron chi connectivity index (χ0n) is 7.32. The Kier molecular flexibility index (Phi) is 1.65. The van der Waals surface area contributed by atoms with Crippen LogP contribution in [0.5, 0.6) is 0 Å². The van der Waals surface area contributed by atoms with Crippen LogP contribution in [-0.2, 0) is 17.9 Å². The first-order valence-corrected chi connectivity index (χ1v) is 4.02. The molecule has 0 radical (unpaired) electrons. The van der Waals surface area contributed by atoms with Crippen molar-refractivity contribution in [1.29, 1.82) is 0 Å². The molecule has 0 aliphatic carbocycles. The lowest BCUT2D eigenvalue weighted by molar-refractivity contribution is -0.129. The highest BCUT2D eigenvalue weighted by atomic mass is 16.2. The Labute approximate surface area is 75.6 Å². The number of hydrogen-bond acceptors (Lipinski definition) is 4. The summed E-state index contributed by atoms with van der Waals surface area (Å²) in [5.74, 6) is 0.320. The molecule has 1 amide bonds. The predicted molar refractivity (Wildman–Crippen MR) is 46.4 cm³/mol. The molecule has 0 fully saturated rings. The minimum Gasteiger partial charge on any atom is -0.368 e. The van der Waals surface area contributed by atoms with Crippen LogP contribution in [0.15, 0.2) is 6.20 Å². The number of carbonyl (C=O) groups excluding carboxylic acids is 1. The van der Waals surface area contributed by atoms with E-state index in [2.05, 4.69) is 9.97 Å². The van der Waals surface area contributed by atoms with E-state index in [1.54, 1.807) is 18.0 Å². The van der Waals surface area contributed by atoms with Gasteiger partial charge in [0.05, 0.1) is 12.2 Å². The molecule has 13 heavy (non-hydrogen) atoms. The molecule has 0 aromatic carbocycles. The highest BCUT2D eigenvalue weighted by molar-refractivity contribution is 5.73. The van der Waals surface area contributed by atoms with Crippen LogP contribution in [0.1, 0.15) is 18.2 Å². The molecule has 5 nitrogen and oxygen atoms in total. The third-order valence-electron chi connectivity index (χ3n) is 2.12. The molecule has 0 spiro atoms. The van der Waals surface area contributed by atoms with E-state index >= 15 is 0 Å². The first-order chi connectivity index (χ1) is 6.16. The van der Waals surface area contributed by atoms with Gasteiger partial charge >= 0.3 is 0 Å². The molecule has 0 saturated carbocycles. The van der Waals surface area contributed by atoms with E-state index in [1.165, 1.54) is 0 Å². The number of amides is 1. The number of hydrogen-bond donors (Lipinski definition) is 1. The zero-order chi connectivity index (χ0) is 9.42. The smallest absolute Gasteiger partial charge is 0.220 e. The van der Waals surface area contributed by atoms with E-state index in [-0.39, 0.29) is 11.9 Å². The van der Waals surface area contributed by atoms with Crippen molar-refractivity contribution >= 4 is 11.9 Å². The van der Waals surface area contributed by atoms with Crippen LogP contribution in [0.4, 0.5) is 5.95 Å². The number of nitrogens with zero attached hydrogens (tertiary/aromatic N) is 3. The summed E-state index contributed by atoms with van der Waals surface area (Å²) in [5.41, 5.74) is 7.28. The van der Waals surface area contributed by atoms with Crippen molar-refractivity contribution in [2.75, 3.05) is 5.73 Å². The number of nitrogen functional groups attached to an aromatic ring is 1. The van der Waals surface area contributed by atoms with Gasteiger partial charge in [-0.2, -0.15) is 0 Å². The third-order valence-corrected chi connectivity index (χ3v) is 2.12. The number of nitrogens with two attached hydrogens (primary N) is 1. The summed E-state index contributed by atoms with van der Waals surface area (Å²) in [6.45, 7) is 2.70. The quantitative estimate of drug-likeness (QED) is 0.603. The number of anilines is 1. The van der Waals surface area contributed by atoms with Gasteiger partial charge in [0.2, 0.25) is 11.9 Å². The molecule has 0 saturated heterocycles. The van der Waals surface area contributed by atoms with Crippen molar-refractivity contribution < 1.29 is 4.79 Å². The van der Waals surface area contributed by atoms with E-state index in [0.29, 0.717) is 13.1 Å². The van der Waals surface area contributed by atoms with Crippen molar-refractivity contribution in [3.05, 3.63) is 17.5 Å². The largest absolute Gasteiger partial charge is 0.368 e. The molecule has 1 aliphatic heterocycles. The van der Waals surface area contributed by atoms with Gasteiger partial charge in [-0.25, -0.2) is 9.97 Å². The second kappa shape index (κ2) is 2.69. The molecule has 2 rings (SSSR count). The Balaban J connectivity index is 2.30. The summed E-state index contributed by atoms with van der Waals surface area (Å²) in [5, 5.41) is 0. The van der Waals surface area contributed by atoms with Gasteiger partial charge in [-0.05, 0) is 0 Å². The van der Waals surface area contributed by atoms with Gasteiger partial charge in [0.15, 0.2) is 0 Å². The Morgan fingerprint density at radius 2 is 2.38 bits per heavy atom. The third kappa shape index (κ3) is 1.32. The van der Waals surface area contributed by atoms with Gasteiger partial charge in [-0.1, -0.05) is 0 Å². The summed E-state index contributed by atoms with van der Waals surface area (Å²) >= 11 is 0. The summed E-state index contributed by atoms with van der Waals surface area (Å²) in [6.07, 6.45) is 1.68.